The van der Waals surface area contributed by atoms with Crippen molar-refractivity contribution in [3.63, 3.8) is 0 Å². The minimum Gasteiger partial charge on any atom is -0.494 e. The van der Waals surface area contributed by atoms with Gasteiger partial charge in [0.05, 0.1) is 13.2 Å². The first-order valence-electron chi connectivity index (χ1n) is 10.1. The van der Waals surface area contributed by atoms with Crippen molar-refractivity contribution in [3.8, 4) is 5.75 Å². The maximum Gasteiger partial charge on any atom is 0.253 e. The lowest BCUT2D eigenvalue weighted by molar-refractivity contribution is -0.122. The minimum absolute atomic E-state index is 0.0170. The second-order valence-electron chi connectivity index (χ2n) is 7.30. The summed E-state index contributed by atoms with van der Waals surface area (Å²) >= 11 is 0. The molecular weight excluding hydrogens is 366 g/mol. The van der Waals surface area contributed by atoms with Gasteiger partial charge in [0.2, 0.25) is 5.91 Å². The number of carbonyl (C=O) groups excluding carboxylic acids is 2. The second kappa shape index (κ2) is 10.6. The van der Waals surface area contributed by atoms with Crippen molar-refractivity contribution in [1.29, 1.82) is 0 Å². The highest BCUT2D eigenvalue weighted by Gasteiger charge is 2.23. The van der Waals surface area contributed by atoms with Crippen LogP contribution in [0.5, 0.6) is 5.75 Å². The summed E-state index contributed by atoms with van der Waals surface area (Å²) < 4.78 is 5.69. The summed E-state index contributed by atoms with van der Waals surface area (Å²) in [6.07, 6.45) is 0.763. The van der Waals surface area contributed by atoms with Gasteiger partial charge in [-0.25, -0.2) is 0 Å². The topological polar surface area (TPSA) is 61.9 Å². The highest BCUT2D eigenvalue weighted by molar-refractivity contribution is 5.94. The third-order valence-electron chi connectivity index (χ3n) is 4.95. The van der Waals surface area contributed by atoms with E-state index < -0.39 is 0 Å². The zero-order valence-corrected chi connectivity index (χ0v) is 17.0. The van der Waals surface area contributed by atoms with Crippen molar-refractivity contribution >= 4 is 11.8 Å². The molecule has 3 rings (SSSR count). The molecule has 1 saturated heterocycles. The number of piperazine rings is 1. The molecule has 0 unspecified atom stereocenters. The van der Waals surface area contributed by atoms with Crippen LogP contribution in [0.3, 0.4) is 0 Å². The minimum atomic E-state index is 0.0170. The SMILES string of the molecule is Cc1cccc(OCCCNC(=O)CN2CCN(C(=O)c3ccccc3)CC2)c1. The Morgan fingerprint density at radius 1 is 1.00 bits per heavy atom. The van der Waals surface area contributed by atoms with Crippen LogP contribution in [-0.2, 0) is 4.79 Å². The average Bonchev–Trinajstić information content (AvgIpc) is 2.74. The summed E-state index contributed by atoms with van der Waals surface area (Å²) in [5.74, 6) is 0.936. The summed E-state index contributed by atoms with van der Waals surface area (Å²) in [5, 5.41) is 2.95. The van der Waals surface area contributed by atoms with Crippen LogP contribution in [0.25, 0.3) is 0 Å². The van der Waals surface area contributed by atoms with Crippen molar-refractivity contribution in [2.75, 3.05) is 45.9 Å². The molecule has 2 amide bonds. The third-order valence-corrected chi connectivity index (χ3v) is 4.95. The van der Waals surface area contributed by atoms with Gasteiger partial charge < -0.3 is 15.0 Å². The molecule has 0 bridgehead atoms. The van der Waals surface area contributed by atoms with E-state index in [1.54, 1.807) is 0 Å². The second-order valence-corrected chi connectivity index (χ2v) is 7.30. The lowest BCUT2D eigenvalue weighted by Crippen LogP contribution is -2.51. The van der Waals surface area contributed by atoms with Gasteiger partial charge in [0.1, 0.15) is 5.75 Å². The van der Waals surface area contributed by atoms with Crippen molar-refractivity contribution in [1.82, 2.24) is 15.1 Å². The Morgan fingerprint density at radius 3 is 2.48 bits per heavy atom. The van der Waals surface area contributed by atoms with E-state index in [0.29, 0.717) is 51.4 Å². The molecule has 0 saturated carbocycles. The van der Waals surface area contributed by atoms with Gasteiger partial charge in [-0.3, -0.25) is 14.5 Å². The van der Waals surface area contributed by atoms with Crippen LogP contribution in [-0.4, -0.2) is 67.5 Å². The molecule has 1 N–H and O–H groups in total. The fourth-order valence-electron chi connectivity index (χ4n) is 3.33. The van der Waals surface area contributed by atoms with E-state index in [2.05, 4.69) is 10.2 Å². The number of hydrogen-bond acceptors (Lipinski definition) is 4. The first kappa shape index (κ1) is 20.9. The quantitative estimate of drug-likeness (QED) is 0.697. The van der Waals surface area contributed by atoms with Crippen LogP contribution < -0.4 is 10.1 Å². The van der Waals surface area contributed by atoms with Crippen LogP contribution in [0, 0.1) is 6.92 Å². The molecule has 154 valence electrons. The van der Waals surface area contributed by atoms with E-state index in [4.69, 9.17) is 4.74 Å². The summed E-state index contributed by atoms with van der Waals surface area (Å²) in [4.78, 5) is 28.6. The first-order chi connectivity index (χ1) is 14.1. The maximum atomic E-state index is 12.5. The lowest BCUT2D eigenvalue weighted by Gasteiger charge is -2.34. The van der Waals surface area contributed by atoms with Gasteiger partial charge in [0.15, 0.2) is 0 Å². The molecule has 29 heavy (non-hydrogen) atoms. The van der Waals surface area contributed by atoms with Gasteiger partial charge in [-0.15, -0.1) is 0 Å². The van der Waals surface area contributed by atoms with Crippen LogP contribution in [0.4, 0.5) is 0 Å². The Kier molecular flexibility index (Phi) is 7.64. The summed E-state index contributed by atoms with van der Waals surface area (Å²) in [6.45, 7) is 6.28. The molecule has 6 heteroatoms. The molecule has 1 aliphatic heterocycles. The molecule has 0 atom stereocenters. The molecule has 0 spiro atoms. The molecule has 6 nitrogen and oxygen atoms in total. The van der Waals surface area contributed by atoms with Gasteiger partial charge >= 0.3 is 0 Å². The molecular formula is C23H29N3O3. The van der Waals surface area contributed by atoms with Gasteiger partial charge in [0.25, 0.3) is 5.91 Å². The van der Waals surface area contributed by atoms with E-state index in [1.807, 2.05) is 66.4 Å². The number of benzene rings is 2. The van der Waals surface area contributed by atoms with E-state index in [-0.39, 0.29) is 11.8 Å². The average molecular weight is 396 g/mol. The molecule has 0 aromatic heterocycles. The van der Waals surface area contributed by atoms with E-state index in [9.17, 15) is 9.59 Å². The van der Waals surface area contributed by atoms with Crippen LogP contribution >= 0.6 is 0 Å². The number of nitrogens with zero attached hydrogens (tertiary/aromatic N) is 2. The van der Waals surface area contributed by atoms with Gasteiger partial charge in [-0.1, -0.05) is 30.3 Å². The fraction of sp³-hybridized carbons (Fsp3) is 0.391. The predicted molar refractivity (Wildman–Crippen MR) is 113 cm³/mol. The largest absolute Gasteiger partial charge is 0.494 e. The van der Waals surface area contributed by atoms with Crippen molar-refractivity contribution in [3.05, 3.63) is 65.7 Å². The molecule has 2 aromatic carbocycles. The summed E-state index contributed by atoms with van der Waals surface area (Å²) in [7, 11) is 0. The molecule has 1 fully saturated rings. The van der Waals surface area contributed by atoms with E-state index in [0.717, 1.165) is 12.2 Å². The molecule has 0 radical (unpaired) electrons. The smallest absolute Gasteiger partial charge is 0.253 e. The van der Waals surface area contributed by atoms with Crippen molar-refractivity contribution < 1.29 is 14.3 Å². The zero-order chi connectivity index (χ0) is 20.5. The Balaban J connectivity index is 1.29. The number of aryl methyl sites for hydroxylation is 1. The lowest BCUT2D eigenvalue weighted by atomic mass is 10.2. The maximum absolute atomic E-state index is 12.5. The fourth-order valence-corrected chi connectivity index (χ4v) is 3.33. The summed E-state index contributed by atoms with van der Waals surface area (Å²) in [6, 6.07) is 17.3. The molecule has 0 aliphatic carbocycles. The molecule has 2 aromatic rings. The number of hydrogen-bond donors (Lipinski definition) is 1. The van der Waals surface area contributed by atoms with Crippen molar-refractivity contribution in [2.45, 2.75) is 13.3 Å². The van der Waals surface area contributed by atoms with Gasteiger partial charge in [-0.2, -0.15) is 0 Å². The standard InChI is InChI=1S/C23H29N3O3/c1-19-7-5-10-21(17-19)29-16-6-11-24-22(27)18-25-12-14-26(15-13-25)23(28)20-8-3-2-4-9-20/h2-5,7-10,17H,6,11-16,18H2,1H3,(H,24,27). The number of nitrogens with one attached hydrogen (secondary N) is 1. The normalized spacial score (nSPS) is 14.4. The highest BCUT2D eigenvalue weighted by atomic mass is 16.5. The molecule has 1 heterocycles. The number of carbonyl (C=O) groups is 2. The molecule has 1 aliphatic rings. The van der Waals surface area contributed by atoms with Crippen LogP contribution in [0.15, 0.2) is 54.6 Å². The van der Waals surface area contributed by atoms with E-state index >= 15 is 0 Å². The number of amides is 2. The van der Waals surface area contributed by atoms with Crippen molar-refractivity contribution in [2.24, 2.45) is 0 Å². The summed E-state index contributed by atoms with van der Waals surface area (Å²) in [5.41, 5.74) is 1.88. The Morgan fingerprint density at radius 2 is 1.76 bits per heavy atom. The highest BCUT2D eigenvalue weighted by Crippen LogP contribution is 2.12. The van der Waals surface area contributed by atoms with Gasteiger partial charge in [-0.05, 0) is 43.2 Å². The Bertz CT molecular complexity index is 802. The predicted octanol–water partition coefficient (Wildman–Crippen LogP) is 2.34. The first-order valence-corrected chi connectivity index (χ1v) is 10.1. The van der Waals surface area contributed by atoms with Gasteiger partial charge in [0, 0.05) is 38.3 Å². The monoisotopic (exact) mass is 395 g/mol. The number of rotatable bonds is 8. The number of ether oxygens (including phenoxy) is 1. The van der Waals surface area contributed by atoms with Crippen LogP contribution in [0.2, 0.25) is 0 Å². The third kappa shape index (κ3) is 6.61. The van der Waals surface area contributed by atoms with E-state index in [1.165, 1.54) is 5.56 Å². The van der Waals surface area contributed by atoms with Crippen LogP contribution in [0.1, 0.15) is 22.3 Å². The Hall–Kier alpha value is -2.86. The zero-order valence-electron chi connectivity index (χ0n) is 17.0. The Labute approximate surface area is 172 Å².